The largest absolute Gasteiger partial charge is 0.494 e. The van der Waals surface area contributed by atoms with Crippen LogP contribution in [0.1, 0.15) is 6.92 Å². The molecule has 1 N–H and O–H groups in total. The number of ether oxygens (including phenoxy) is 1. The molecule has 3 rings (SSSR count). The highest BCUT2D eigenvalue weighted by atomic mass is 32.1. The zero-order chi connectivity index (χ0) is 13.2. The first-order chi connectivity index (χ1) is 9.24. The summed E-state index contributed by atoms with van der Waals surface area (Å²) in [5.41, 5.74) is 0.965. The van der Waals surface area contributed by atoms with Crippen LogP contribution >= 0.6 is 11.3 Å². The summed E-state index contributed by atoms with van der Waals surface area (Å²) in [6.07, 6.45) is 1.89. The van der Waals surface area contributed by atoms with Crippen molar-refractivity contribution < 1.29 is 4.74 Å². The Labute approximate surface area is 114 Å². The number of nitrogens with zero attached hydrogens (tertiary/aromatic N) is 3. The molecule has 0 spiro atoms. The zero-order valence-corrected chi connectivity index (χ0v) is 11.6. The summed E-state index contributed by atoms with van der Waals surface area (Å²) in [7, 11) is 1.89. The molecule has 0 unspecified atom stereocenters. The molecule has 1 aromatic carbocycles. The van der Waals surface area contributed by atoms with E-state index in [4.69, 9.17) is 4.74 Å². The highest BCUT2D eigenvalue weighted by Crippen LogP contribution is 2.30. The Morgan fingerprint density at radius 2 is 2.26 bits per heavy atom. The van der Waals surface area contributed by atoms with Gasteiger partial charge >= 0.3 is 0 Å². The van der Waals surface area contributed by atoms with Crippen LogP contribution in [-0.2, 0) is 7.05 Å². The molecular weight excluding hydrogens is 260 g/mol. The molecule has 0 bridgehead atoms. The van der Waals surface area contributed by atoms with Gasteiger partial charge in [0.1, 0.15) is 5.75 Å². The molecule has 0 saturated carbocycles. The first-order valence-corrected chi connectivity index (χ1v) is 6.86. The van der Waals surface area contributed by atoms with Crippen LogP contribution in [0.15, 0.2) is 30.5 Å². The van der Waals surface area contributed by atoms with Crippen molar-refractivity contribution in [3.8, 4) is 5.75 Å². The van der Waals surface area contributed by atoms with Crippen LogP contribution in [0.4, 0.5) is 10.9 Å². The molecule has 5 nitrogen and oxygen atoms in total. The molecule has 0 fully saturated rings. The number of fused-ring (bicyclic) bond motifs is 1. The summed E-state index contributed by atoms with van der Waals surface area (Å²) in [5, 5.41) is 8.31. The number of rotatable bonds is 4. The quantitative estimate of drug-likeness (QED) is 0.794. The maximum absolute atomic E-state index is 5.49. The number of hydrogen-bond acceptors (Lipinski definition) is 5. The number of aryl methyl sites for hydroxylation is 1. The van der Waals surface area contributed by atoms with E-state index in [1.807, 2.05) is 44.4 Å². The number of nitrogens with one attached hydrogen (secondary N) is 1. The van der Waals surface area contributed by atoms with E-state index in [0.717, 1.165) is 26.9 Å². The van der Waals surface area contributed by atoms with E-state index in [1.165, 1.54) is 0 Å². The molecule has 0 saturated heterocycles. The van der Waals surface area contributed by atoms with Crippen molar-refractivity contribution in [3.63, 3.8) is 0 Å². The third kappa shape index (κ3) is 2.53. The molecule has 2 heterocycles. The second-order valence-electron chi connectivity index (χ2n) is 4.08. The Kier molecular flexibility index (Phi) is 3.08. The van der Waals surface area contributed by atoms with Gasteiger partial charge in [-0.1, -0.05) is 11.3 Å². The van der Waals surface area contributed by atoms with Gasteiger partial charge in [-0.25, -0.2) is 4.98 Å². The van der Waals surface area contributed by atoms with E-state index < -0.39 is 0 Å². The first-order valence-electron chi connectivity index (χ1n) is 6.04. The van der Waals surface area contributed by atoms with Crippen LogP contribution in [0.2, 0.25) is 0 Å². The normalized spacial score (nSPS) is 10.8. The molecule has 98 valence electrons. The Morgan fingerprint density at radius 1 is 1.37 bits per heavy atom. The minimum atomic E-state index is 0.670. The van der Waals surface area contributed by atoms with E-state index in [9.17, 15) is 0 Å². The van der Waals surface area contributed by atoms with Crippen molar-refractivity contribution in [1.82, 2.24) is 14.8 Å². The van der Waals surface area contributed by atoms with E-state index in [1.54, 1.807) is 16.0 Å². The lowest BCUT2D eigenvalue weighted by Crippen LogP contribution is -1.92. The van der Waals surface area contributed by atoms with Gasteiger partial charge < -0.3 is 10.1 Å². The summed E-state index contributed by atoms with van der Waals surface area (Å²) >= 11 is 1.59. The minimum Gasteiger partial charge on any atom is -0.494 e. The number of thiazole rings is 1. The van der Waals surface area contributed by atoms with Crippen molar-refractivity contribution in [2.75, 3.05) is 11.9 Å². The summed E-state index contributed by atoms with van der Waals surface area (Å²) in [6, 6.07) is 7.84. The van der Waals surface area contributed by atoms with Crippen LogP contribution in [0.5, 0.6) is 5.75 Å². The summed E-state index contributed by atoms with van der Waals surface area (Å²) < 4.78 is 8.34. The maximum Gasteiger partial charge on any atom is 0.189 e. The van der Waals surface area contributed by atoms with Crippen molar-refractivity contribution in [1.29, 1.82) is 0 Å². The van der Waals surface area contributed by atoms with Gasteiger partial charge in [0.15, 0.2) is 10.9 Å². The lowest BCUT2D eigenvalue weighted by Gasteiger charge is -2.00. The van der Waals surface area contributed by atoms with Gasteiger partial charge in [0.25, 0.3) is 0 Å². The van der Waals surface area contributed by atoms with E-state index in [0.29, 0.717) is 6.61 Å². The first kappa shape index (κ1) is 12.0. The highest BCUT2D eigenvalue weighted by molar-refractivity contribution is 7.22. The standard InChI is InChI=1S/C13H14N4OS/c1-3-18-9-4-5-10-11(8-9)19-13(14-10)15-12-6-7-17(2)16-12/h4-8H,3H2,1-2H3,(H,14,15,16). The lowest BCUT2D eigenvalue weighted by atomic mass is 10.3. The molecule has 0 aliphatic rings. The Morgan fingerprint density at radius 3 is 3.00 bits per heavy atom. The number of benzene rings is 1. The molecule has 0 atom stereocenters. The van der Waals surface area contributed by atoms with Crippen molar-refractivity contribution >= 4 is 32.5 Å². The Bertz CT molecular complexity index is 704. The minimum absolute atomic E-state index is 0.670. The summed E-state index contributed by atoms with van der Waals surface area (Å²) in [4.78, 5) is 4.52. The molecule has 2 aromatic heterocycles. The van der Waals surface area contributed by atoms with Gasteiger partial charge in [-0.15, -0.1) is 0 Å². The Hall–Kier alpha value is -2.08. The fourth-order valence-corrected chi connectivity index (χ4v) is 2.71. The molecule has 6 heteroatoms. The highest BCUT2D eigenvalue weighted by Gasteiger charge is 2.06. The van der Waals surface area contributed by atoms with Crippen LogP contribution < -0.4 is 10.1 Å². The third-order valence-electron chi connectivity index (χ3n) is 2.62. The van der Waals surface area contributed by atoms with Crippen molar-refractivity contribution in [2.45, 2.75) is 6.92 Å². The van der Waals surface area contributed by atoms with Gasteiger partial charge in [-0.3, -0.25) is 4.68 Å². The molecule has 19 heavy (non-hydrogen) atoms. The van der Waals surface area contributed by atoms with E-state index in [2.05, 4.69) is 15.4 Å². The van der Waals surface area contributed by atoms with Crippen LogP contribution in [0, 0.1) is 0 Å². The topological polar surface area (TPSA) is 52.0 Å². The summed E-state index contributed by atoms with van der Waals surface area (Å²) in [5.74, 6) is 1.68. The summed E-state index contributed by atoms with van der Waals surface area (Å²) in [6.45, 7) is 2.65. The maximum atomic E-state index is 5.49. The fourth-order valence-electron chi connectivity index (χ4n) is 1.81. The SMILES string of the molecule is CCOc1ccc2nc(Nc3ccn(C)n3)sc2c1. The average Bonchev–Trinajstić information content (AvgIpc) is 2.95. The molecule has 0 amide bonds. The molecular formula is C13H14N4OS. The van der Waals surface area contributed by atoms with Crippen molar-refractivity contribution in [2.24, 2.45) is 7.05 Å². The smallest absolute Gasteiger partial charge is 0.189 e. The van der Waals surface area contributed by atoms with Crippen LogP contribution in [-0.4, -0.2) is 21.4 Å². The molecule has 3 aromatic rings. The van der Waals surface area contributed by atoms with Gasteiger partial charge in [0.05, 0.1) is 16.8 Å². The predicted octanol–water partition coefficient (Wildman–Crippen LogP) is 3.17. The fraction of sp³-hybridized carbons (Fsp3) is 0.231. The second kappa shape index (κ2) is 4.89. The molecule has 0 aliphatic carbocycles. The van der Waals surface area contributed by atoms with E-state index >= 15 is 0 Å². The van der Waals surface area contributed by atoms with Crippen molar-refractivity contribution in [3.05, 3.63) is 30.5 Å². The monoisotopic (exact) mass is 274 g/mol. The lowest BCUT2D eigenvalue weighted by molar-refractivity contribution is 0.341. The Balaban J connectivity index is 1.88. The third-order valence-corrected chi connectivity index (χ3v) is 3.55. The number of aromatic nitrogens is 3. The second-order valence-corrected chi connectivity index (χ2v) is 5.11. The van der Waals surface area contributed by atoms with Crippen LogP contribution in [0.3, 0.4) is 0 Å². The van der Waals surface area contributed by atoms with Gasteiger partial charge in [0.2, 0.25) is 0 Å². The number of hydrogen-bond donors (Lipinski definition) is 1. The molecule has 0 aliphatic heterocycles. The van der Waals surface area contributed by atoms with Gasteiger partial charge in [-0.2, -0.15) is 5.10 Å². The average molecular weight is 274 g/mol. The van der Waals surface area contributed by atoms with Gasteiger partial charge in [0, 0.05) is 19.3 Å². The predicted molar refractivity (Wildman–Crippen MR) is 77.3 cm³/mol. The van der Waals surface area contributed by atoms with Gasteiger partial charge in [-0.05, 0) is 25.1 Å². The molecule has 0 radical (unpaired) electrons. The van der Waals surface area contributed by atoms with E-state index in [-0.39, 0.29) is 0 Å². The van der Waals surface area contributed by atoms with Crippen LogP contribution in [0.25, 0.3) is 10.2 Å². The zero-order valence-electron chi connectivity index (χ0n) is 10.8. The number of anilines is 2.